The van der Waals surface area contributed by atoms with Crippen LogP contribution >= 0.6 is 11.3 Å². The summed E-state index contributed by atoms with van der Waals surface area (Å²) in [7, 11) is 0. The maximum absolute atomic E-state index is 6.02. The van der Waals surface area contributed by atoms with Gasteiger partial charge >= 0.3 is 0 Å². The first kappa shape index (κ1) is 16.7. The quantitative estimate of drug-likeness (QED) is 0.742. The van der Waals surface area contributed by atoms with E-state index in [1.54, 1.807) is 17.7 Å². The Hall–Kier alpha value is -1.79. The summed E-state index contributed by atoms with van der Waals surface area (Å²) < 4.78 is 7.12. The molecule has 0 fully saturated rings. The van der Waals surface area contributed by atoms with Crippen molar-refractivity contribution in [2.45, 2.75) is 65.7 Å². The largest absolute Gasteiger partial charge is 0.370 e. The first-order valence-corrected chi connectivity index (χ1v) is 9.67. The lowest BCUT2D eigenvalue weighted by molar-refractivity contribution is -0.0400. The molecule has 0 amide bonds. The van der Waals surface area contributed by atoms with Crippen molar-refractivity contribution >= 4 is 37.6 Å². The van der Waals surface area contributed by atoms with Gasteiger partial charge in [0, 0.05) is 29.1 Å². The fourth-order valence-electron chi connectivity index (χ4n) is 3.41. The van der Waals surface area contributed by atoms with E-state index in [2.05, 4.69) is 49.9 Å². The zero-order valence-electron chi connectivity index (χ0n) is 15.4. The standard InChI is InChI=1S/C19H24N4OS/c1-6-10(2)22-17-16-15(20-9-21-17)14-12-7-19(4,5)24-8-13(12)11(3)23-18(14)25-16/h9-10H,6-8H2,1-5H3,(H,20,21,22)/t10-/m0/s1. The van der Waals surface area contributed by atoms with Crippen LogP contribution in [0.4, 0.5) is 5.82 Å². The molecule has 25 heavy (non-hydrogen) atoms. The summed E-state index contributed by atoms with van der Waals surface area (Å²) >= 11 is 1.69. The molecule has 132 valence electrons. The van der Waals surface area contributed by atoms with Crippen LogP contribution in [0.3, 0.4) is 0 Å². The predicted molar refractivity (Wildman–Crippen MR) is 103 cm³/mol. The minimum absolute atomic E-state index is 0.160. The van der Waals surface area contributed by atoms with Crippen LogP contribution in [0.2, 0.25) is 0 Å². The lowest BCUT2D eigenvalue weighted by Crippen LogP contribution is -2.32. The molecule has 0 saturated carbocycles. The number of thiophene rings is 1. The third-order valence-electron chi connectivity index (χ3n) is 5.03. The highest BCUT2D eigenvalue weighted by atomic mass is 32.1. The molecule has 1 N–H and O–H groups in total. The van der Waals surface area contributed by atoms with Crippen molar-refractivity contribution in [3.8, 4) is 0 Å². The zero-order valence-corrected chi connectivity index (χ0v) is 16.3. The number of nitrogens with zero attached hydrogens (tertiary/aromatic N) is 3. The number of hydrogen-bond acceptors (Lipinski definition) is 6. The summed E-state index contributed by atoms with van der Waals surface area (Å²) in [5, 5.41) is 4.70. The minimum atomic E-state index is -0.160. The summed E-state index contributed by atoms with van der Waals surface area (Å²) in [5.74, 6) is 0.917. The zero-order chi connectivity index (χ0) is 17.8. The van der Waals surface area contributed by atoms with Gasteiger partial charge in [0.05, 0.1) is 22.4 Å². The highest BCUT2D eigenvalue weighted by molar-refractivity contribution is 7.26. The van der Waals surface area contributed by atoms with Crippen LogP contribution in [-0.4, -0.2) is 26.6 Å². The monoisotopic (exact) mass is 356 g/mol. The second-order valence-electron chi connectivity index (χ2n) is 7.52. The van der Waals surface area contributed by atoms with Gasteiger partial charge < -0.3 is 10.1 Å². The van der Waals surface area contributed by atoms with Crippen LogP contribution in [0, 0.1) is 6.92 Å². The van der Waals surface area contributed by atoms with Crippen molar-refractivity contribution in [2.24, 2.45) is 0 Å². The van der Waals surface area contributed by atoms with Crippen LogP contribution in [0.15, 0.2) is 6.33 Å². The maximum atomic E-state index is 6.02. The number of nitrogens with one attached hydrogen (secondary N) is 1. The summed E-state index contributed by atoms with van der Waals surface area (Å²) in [5.41, 5.74) is 4.49. The molecular weight excluding hydrogens is 332 g/mol. The molecule has 1 aliphatic rings. The SMILES string of the molecule is CC[C@H](C)Nc1ncnc2c1sc1nc(C)c3c(c12)CC(C)(C)OC3. The third kappa shape index (κ3) is 2.77. The van der Waals surface area contributed by atoms with Gasteiger partial charge in [-0.15, -0.1) is 11.3 Å². The molecule has 3 aromatic heterocycles. The molecule has 3 aromatic rings. The van der Waals surface area contributed by atoms with Crippen molar-refractivity contribution in [1.82, 2.24) is 15.0 Å². The number of pyridine rings is 1. The lowest BCUT2D eigenvalue weighted by Gasteiger charge is -2.32. The number of rotatable bonds is 3. The van der Waals surface area contributed by atoms with Crippen molar-refractivity contribution in [1.29, 1.82) is 0 Å². The molecule has 1 atom stereocenters. The van der Waals surface area contributed by atoms with Crippen LogP contribution < -0.4 is 5.32 Å². The van der Waals surface area contributed by atoms with Crippen molar-refractivity contribution < 1.29 is 4.74 Å². The third-order valence-corrected chi connectivity index (χ3v) is 6.11. The van der Waals surface area contributed by atoms with Gasteiger partial charge in [0.1, 0.15) is 17.0 Å². The van der Waals surface area contributed by atoms with E-state index in [0.29, 0.717) is 12.6 Å². The van der Waals surface area contributed by atoms with Gasteiger partial charge in [0.15, 0.2) is 0 Å². The summed E-state index contributed by atoms with van der Waals surface area (Å²) in [6.45, 7) is 11.3. The Morgan fingerprint density at radius 3 is 2.88 bits per heavy atom. The molecule has 0 saturated heterocycles. The minimum Gasteiger partial charge on any atom is -0.370 e. The van der Waals surface area contributed by atoms with E-state index in [-0.39, 0.29) is 5.60 Å². The number of hydrogen-bond donors (Lipinski definition) is 1. The first-order valence-electron chi connectivity index (χ1n) is 8.85. The Morgan fingerprint density at radius 1 is 1.32 bits per heavy atom. The number of aryl methyl sites for hydroxylation is 1. The van der Waals surface area contributed by atoms with E-state index in [0.717, 1.165) is 39.4 Å². The van der Waals surface area contributed by atoms with E-state index >= 15 is 0 Å². The molecule has 0 aliphatic carbocycles. The second kappa shape index (κ2) is 5.88. The molecule has 0 spiro atoms. The number of ether oxygens (including phenoxy) is 1. The number of anilines is 1. The van der Waals surface area contributed by atoms with Gasteiger partial charge in [-0.1, -0.05) is 6.92 Å². The number of aromatic nitrogens is 3. The molecule has 0 aromatic carbocycles. The van der Waals surface area contributed by atoms with Crippen LogP contribution in [0.5, 0.6) is 0 Å². The lowest BCUT2D eigenvalue weighted by atomic mass is 9.89. The summed E-state index contributed by atoms with van der Waals surface area (Å²) in [6.07, 6.45) is 3.59. The maximum Gasteiger partial charge on any atom is 0.147 e. The topological polar surface area (TPSA) is 59.9 Å². The van der Waals surface area contributed by atoms with Crippen molar-refractivity contribution in [2.75, 3.05) is 5.32 Å². The van der Waals surface area contributed by atoms with Crippen LogP contribution in [-0.2, 0) is 17.8 Å². The van der Waals surface area contributed by atoms with Crippen LogP contribution in [0.25, 0.3) is 20.4 Å². The van der Waals surface area contributed by atoms with E-state index in [9.17, 15) is 0 Å². The van der Waals surface area contributed by atoms with E-state index in [1.165, 1.54) is 16.5 Å². The normalized spacial score (nSPS) is 17.6. The second-order valence-corrected chi connectivity index (χ2v) is 8.51. The molecule has 0 radical (unpaired) electrons. The van der Waals surface area contributed by atoms with Gasteiger partial charge in [-0.2, -0.15) is 0 Å². The molecule has 0 bridgehead atoms. The smallest absolute Gasteiger partial charge is 0.147 e. The highest BCUT2D eigenvalue weighted by Gasteiger charge is 2.30. The average Bonchev–Trinajstić information content (AvgIpc) is 2.93. The molecular formula is C19H24N4OS. The van der Waals surface area contributed by atoms with Crippen molar-refractivity contribution in [3.05, 3.63) is 23.1 Å². The van der Waals surface area contributed by atoms with Gasteiger partial charge in [0.2, 0.25) is 0 Å². The Labute approximate surface area is 151 Å². The molecule has 4 rings (SSSR count). The molecule has 5 nitrogen and oxygen atoms in total. The van der Waals surface area contributed by atoms with E-state index in [4.69, 9.17) is 9.72 Å². The Bertz CT molecular complexity index is 963. The highest BCUT2D eigenvalue weighted by Crippen LogP contribution is 2.41. The van der Waals surface area contributed by atoms with Gasteiger partial charge in [-0.25, -0.2) is 15.0 Å². The Morgan fingerprint density at radius 2 is 2.12 bits per heavy atom. The molecule has 0 unspecified atom stereocenters. The first-order chi connectivity index (χ1) is 11.9. The molecule has 6 heteroatoms. The van der Waals surface area contributed by atoms with Gasteiger partial charge in [-0.3, -0.25) is 0 Å². The van der Waals surface area contributed by atoms with Gasteiger partial charge in [0.25, 0.3) is 0 Å². The average molecular weight is 356 g/mol. The van der Waals surface area contributed by atoms with E-state index in [1.807, 2.05) is 0 Å². The molecule has 1 aliphatic heterocycles. The van der Waals surface area contributed by atoms with Crippen molar-refractivity contribution in [3.63, 3.8) is 0 Å². The Kier molecular flexibility index (Phi) is 3.92. The molecule has 4 heterocycles. The predicted octanol–water partition coefficient (Wildman–Crippen LogP) is 4.61. The Balaban J connectivity index is 1.99. The fourth-order valence-corrected chi connectivity index (χ4v) is 4.56. The number of fused-ring (bicyclic) bond motifs is 5. The van der Waals surface area contributed by atoms with E-state index < -0.39 is 0 Å². The summed E-state index contributed by atoms with van der Waals surface area (Å²) in [4.78, 5) is 15.0. The fraction of sp³-hybridized carbons (Fsp3) is 0.526. The van der Waals surface area contributed by atoms with Crippen LogP contribution in [0.1, 0.15) is 50.9 Å². The summed E-state index contributed by atoms with van der Waals surface area (Å²) in [6, 6.07) is 0.374. The van der Waals surface area contributed by atoms with Gasteiger partial charge in [-0.05, 0) is 39.7 Å².